The van der Waals surface area contributed by atoms with Gasteiger partial charge in [0.1, 0.15) is 12.2 Å². The minimum atomic E-state index is 0.168. The van der Waals surface area contributed by atoms with Crippen LogP contribution in [-0.4, -0.2) is 26.8 Å². The lowest BCUT2D eigenvalue weighted by molar-refractivity contribution is 0.322. The van der Waals surface area contributed by atoms with E-state index < -0.39 is 0 Å². The minimum absolute atomic E-state index is 0.168. The molecule has 0 aliphatic carbocycles. The molecule has 1 heterocycles. The fourth-order valence-corrected chi connectivity index (χ4v) is 2.47. The van der Waals surface area contributed by atoms with Gasteiger partial charge in [0, 0.05) is 18.0 Å². The summed E-state index contributed by atoms with van der Waals surface area (Å²) in [6.45, 7) is 16.6. The van der Waals surface area contributed by atoms with E-state index in [9.17, 15) is 0 Å². The zero-order chi connectivity index (χ0) is 15.3. The summed E-state index contributed by atoms with van der Waals surface area (Å²) < 4.78 is 2.05. The van der Waals surface area contributed by atoms with Crippen LogP contribution in [0.4, 0.5) is 0 Å². The molecular weight excluding hydrogens is 248 g/mol. The third kappa shape index (κ3) is 6.04. The van der Waals surface area contributed by atoms with E-state index in [2.05, 4.69) is 63.9 Å². The highest BCUT2D eigenvalue weighted by molar-refractivity contribution is 4.90. The molecule has 0 radical (unpaired) electrons. The molecule has 0 aliphatic heterocycles. The Morgan fingerprint density at radius 1 is 1.20 bits per heavy atom. The van der Waals surface area contributed by atoms with Crippen molar-refractivity contribution in [2.75, 3.05) is 6.54 Å². The van der Waals surface area contributed by atoms with Crippen molar-refractivity contribution in [3.63, 3.8) is 0 Å². The van der Waals surface area contributed by atoms with Gasteiger partial charge >= 0.3 is 0 Å². The molecule has 0 aliphatic rings. The number of hydrogen-bond donors (Lipinski definition) is 1. The Bertz CT molecular complexity index is 387. The van der Waals surface area contributed by atoms with Crippen molar-refractivity contribution in [1.82, 2.24) is 20.1 Å². The molecule has 20 heavy (non-hydrogen) atoms. The second kappa shape index (κ2) is 7.21. The lowest BCUT2D eigenvalue weighted by Crippen LogP contribution is -2.40. The van der Waals surface area contributed by atoms with E-state index in [4.69, 9.17) is 0 Å². The molecule has 0 aromatic carbocycles. The van der Waals surface area contributed by atoms with Gasteiger partial charge in [-0.3, -0.25) is 0 Å². The number of aromatic nitrogens is 3. The molecule has 0 amide bonds. The van der Waals surface area contributed by atoms with Gasteiger partial charge in [0.05, 0.1) is 0 Å². The number of nitrogens with one attached hydrogen (secondary N) is 1. The van der Waals surface area contributed by atoms with Crippen LogP contribution in [0.25, 0.3) is 0 Å². The van der Waals surface area contributed by atoms with Crippen molar-refractivity contribution in [2.24, 2.45) is 11.8 Å². The van der Waals surface area contributed by atoms with Crippen LogP contribution >= 0.6 is 0 Å². The minimum Gasteiger partial charge on any atom is -0.312 e. The van der Waals surface area contributed by atoms with Gasteiger partial charge in [0.2, 0.25) is 0 Å². The smallest absolute Gasteiger partial charge is 0.138 e. The quantitative estimate of drug-likeness (QED) is 0.832. The van der Waals surface area contributed by atoms with Gasteiger partial charge in [-0.1, -0.05) is 13.8 Å². The van der Waals surface area contributed by atoms with Crippen molar-refractivity contribution < 1.29 is 0 Å². The van der Waals surface area contributed by atoms with Crippen molar-refractivity contribution >= 4 is 0 Å². The first-order valence-electron chi connectivity index (χ1n) is 7.82. The predicted octanol–water partition coefficient (Wildman–Crippen LogP) is 3.45. The maximum Gasteiger partial charge on any atom is 0.138 e. The van der Waals surface area contributed by atoms with E-state index >= 15 is 0 Å². The van der Waals surface area contributed by atoms with E-state index in [1.54, 1.807) is 6.33 Å². The van der Waals surface area contributed by atoms with Gasteiger partial charge in [-0.15, -0.1) is 0 Å². The van der Waals surface area contributed by atoms with Crippen molar-refractivity contribution in [2.45, 2.75) is 72.9 Å². The summed E-state index contributed by atoms with van der Waals surface area (Å²) in [4.78, 5) is 4.45. The third-order valence-corrected chi connectivity index (χ3v) is 3.33. The molecule has 1 aromatic rings. The van der Waals surface area contributed by atoms with Crippen molar-refractivity contribution in [3.8, 4) is 0 Å². The van der Waals surface area contributed by atoms with Gasteiger partial charge in [0.15, 0.2) is 0 Å². The Labute approximate surface area is 124 Å². The van der Waals surface area contributed by atoms with Crippen LogP contribution in [0.2, 0.25) is 0 Å². The molecule has 0 saturated heterocycles. The first-order chi connectivity index (χ1) is 9.19. The van der Waals surface area contributed by atoms with Crippen molar-refractivity contribution in [1.29, 1.82) is 0 Å². The SMILES string of the molecule is CC(C)CC(CNC(C)(C)C)Cc1ncnn1C(C)C. The van der Waals surface area contributed by atoms with Crippen LogP contribution in [0.3, 0.4) is 0 Å². The van der Waals surface area contributed by atoms with E-state index in [0.717, 1.165) is 18.8 Å². The van der Waals surface area contributed by atoms with E-state index in [1.165, 1.54) is 6.42 Å². The van der Waals surface area contributed by atoms with Gasteiger partial charge in [0.25, 0.3) is 0 Å². The summed E-state index contributed by atoms with van der Waals surface area (Å²) in [5.74, 6) is 2.43. The molecule has 0 saturated carbocycles. The molecule has 0 bridgehead atoms. The molecule has 0 spiro atoms. The van der Waals surface area contributed by atoms with E-state index in [0.29, 0.717) is 17.9 Å². The molecule has 116 valence electrons. The Kier molecular flexibility index (Phi) is 6.18. The van der Waals surface area contributed by atoms with Crippen molar-refractivity contribution in [3.05, 3.63) is 12.2 Å². The monoisotopic (exact) mass is 280 g/mol. The number of nitrogens with zero attached hydrogens (tertiary/aromatic N) is 3. The Hall–Kier alpha value is -0.900. The summed E-state index contributed by atoms with van der Waals surface area (Å²) in [7, 11) is 0. The fourth-order valence-electron chi connectivity index (χ4n) is 2.47. The van der Waals surface area contributed by atoms with E-state index in [-0.39, 0.29) is 5.54 Å². The van der Waals surface area contributed by atoms with Crippen LogP contribution in [0, 0.1) is 11.8 Å². The average molecular weight is 280 g/mol. The summed E-state index contributed by atoms with van der Waals surface area (Å²) >= 11 is 0. The number of hydrogen-bond acceptors (Lipinski definition) is 3. The first-order valence-corrected chi connectivity index (χ1v) is 7.82. The average Bonchev–Trinajstić information content (AvgIpc) is 2.72. The second-order valence-corrected chi connectivity index (χ2v) is 7.55. The highest BCUT2D eigenvalue weighted by Gasteiger charge is 2.19. The topological polar surface area (TPSA) is 42.7 Å². The van der Waals surface area contributed by atoms with Crippen LogP contribution in [0.15, 0.2) is 6.33 Å². The standard InChI is InChI=1S/C16H32N4/c1-12(2)8-14(10-18-16(5,6)7)9-15-17-11-19-20(15)13(3)4/h11-14,18H,8-10H2,1-7H3. The largest absolute Gasteiger partial charge is 0.312 e. The zero-order valence-corrected chi connectivity index (χ0v) is 14.3. The Morgan fingerprint density at radius 3 is 2.35 bits per heavy atom. The second-order valence-electron chi connectivity index (χ2n) is 7.55. The Morgan fingerprint density at radius 2 is 1.85 bits per heavy atom. The predicted molar refractivity (Wildman–Crippen MR) is 84.8 cm³/mol. The summed E-state index contributed by atoms with van der Waals surface area (Å²) in [5, 5.41) is 7.97. The van der Waals surface area contributed by atoms with E-state index in [1.807, 2.05) is 4.68 Å². The molecule has 0 fully saturated rings. The van der Waals surface area contributed by atoms with Crippen LogP contribution in [0.5, 0.6) is 0 Å². The summed E-state index contributed by atoms with van der Waals surface area (Å²) in [6, 6.07) is 0.378. The fraction of sp³-hybridized carbons (Fsp3) is 0.875. The lowest BCUT2D eigenvalue weighted by atomic mass is 9.92. The highest BCUT2D eigenvalue weighted by Crippen LogP contribution is 2.18. The van der Waals surface area contributed by atoms with Gasteiger partial charge in [-0.2, -0.15) is 5.10 Å². The maximum absolute atomic E-state index is 4.45. The van der Waals surface area contributed by atoms with Gasteiger partial charge in [-0.05, 0) is 59.4 Å². The normalized spacial score (nSPS) is 14.2. The van der Waals surface area contributed by atoms with Crippen LogP contribution < -0.4 is 5.32 Å². The van der Waals surface area contributed by atoms with Crippen LogP contribution in [0.1, 0.15) is 66.8 Å². The number of rotatable bonds is 7. The molecule has 1 rings (SSSR count). The highest BCUT2D eigenvalue weighted by atomic mass is 15.3. The first kappa shape index (κ1) is 17.2. The summed E-state index contributed by atoms with van der Waals surface area (Å²) in [6.07, 6.45) is 3.90. The Balaban J connectivity index is 2.71. The lowest BCUT2D eigenvalue weighted by Gasteiger charge is -2.26. The van der Waals surface area contributed by atoms with Gasteiger partial charge in [-0.25, -0.2) is 9.67 Å². The van der Waals surface area contributed by atoms with Crippen LogP contribution in [-0.2, 0) is 6.42 Å². The van der Waals surface area contributed by atoms with Gasteiger partial charge < -0.3 is 5.32 Å². The molecule has 1 N–H and O–H groups in total. The molecule has 4 nitrogen and oxygen atoms in total. The molecule has 1 aromatic heterocycles. The zero-order valence-electron chi connectivity index (χ0n) is 14.3. The third-order valence-electron chi connectivity index (χ3n) is 3.33. The maximum atomic E-state index is 4.45. The molecular formula is C16H32N4. The molecule has 1 atom stereocenters. The molecule has 1 unspecified atom stereocenters. The molecule has 4 heteroatoms. The summed E-state index contributed by atoms with van der Waals surface area (Å²) in [5.41, 5.74) is 0.168.